The molecule has 2 amide bonds. The molecule has 1 heterocycles. The second-order valence-electron chi connectivity index (χ2n) is 5.28. The van der Waals surface area contributed by atoms with Crippen LogP contribution in [0.5, 0.6) is 0 Å². The molecule has 6 heteroatoms. The summed E-state index contributed by atoms with van der Waals surface area (Å²) in [6.07, 6.45) is 6.41. The highest BCUT2D eigenvalue weighted by molar-refractivity contribution is 6.34. The molecule has 25 heavy (non-hydrogen) atoms. The molecule has 0 saturated heterocycles. The highest BCUT2D eigenvalue weighted by Gasteiger charge is 2.16. The highest BCUT2D eigenvalue weighted by Crippen LogP contribution is 2.22. The number of rotatable bonds is 6. The highest BCUT2D eigenvalue weighted by atomic mass is 35.5. The van der Waals surface area contributed by atoms with Gasteiger partial charge in [-0.1, -0.05) is 17.7 Å². The summed E-state index contributed by atoms with van der Waals surface area (Å²) in [5, 5.41) is 3.03. The lowest BCUT2D eigenvalue weighted by Crippen LogP contribution is -2.30. The first kappa shape index (κ1) is 18.7. The van der Waals surface area contributed by atoms with E-state index in [2.05, 4.69) is 10.3 Å². The lowest BCUT2D eigenvalue weighted by molar-refractivity contribution is -0.111. The third-order valence-corrected chi connectivity index (χ3v) is 3.94. The van der Waals surface area contributed by atoms with Crippen molar-refractivity contribution >= 4 is 35.2 Å². The van der Waals surface area contributed by atoms with Gasteiger partial charge in [-0.3, -0.25) is 14.6 Å². The van der Waals surface area contributed by atoms with E-state index in [1.165, 1.54) is 6.08 Å². The van der Waals surface area contributed by atoms with Gasteiger partial charge in [0.25, 0.3) is 5.91 Å². The van der Waals surface area contributed by atoms with Crippen molar-refractivity contribution in [3.8, 4) is 0 Å². The number of hydrogen-bond acceptors (Lipinski definition) is 3. The number of nitrogens with one attached hydrogen (secondary N) is 1. The van der Waals surface area contributed by atoms with Crippen molar-refractivity contribution in [2.45, 2.75) is 13.8 Å². The predicted octanol–water partition coefficient (Wildman–Crippen LogP) is 3.87. The first-order valence-corrected chi connectivity index (χ1v) is 8.40. The van der Waals surface area contributed by atoms with E-state index in [0.717, 1.165) is 5.56 Å². The summed E-state index contributed by atoms with van der Waals surface area (Å²) in [6.45, 7) is 5.06. The number of nitrogens with zero attached hydrogens (tertiary/aromatic N) is 2. The molecular formula is C19H20ClN3O2. The monoisotopic (exact) mass is 357 g/mol. The molecular weight excluding hydrogens is 338 g/mol. The summed E-state index contributed by atoms with van der Waals surface area (Å²) in [5.74, 6) is -0.410. The average molecular weight is 358 g/mol. The van der Waals surface area contributed by atoms with Crippen molar-refractivity contribution < 1.29 is 9.59 Å². The molecule has 2 rings (SSSR count). The fourth-order valence-corrected chi connectivity index (χ4v) is 2.54. The minimum absolute atomic E-state index is 0.121. The fourth-order valence-electron chi connectivity index (χ4n) is 2.28. The number of carbonyl (C=O) groups excluding carboxylic acids is 2. The smallest absolute Gasteiger partial charge is 0.255 e. The van der Waals surface area contributed by atoms with Crippen LogP contribution in [0.1, 0.15) is 29.8 Å². The van der Waals surface area contributed by atoms with Crippen LogP contribution in [0.4, 0.5) is 5.69 Å². The van der Waals surface area contributed by atoms with Crippen LogP contribution in [0.15, 0.2) is 48.8 Å². The number of anilines is 1. The van der Waals surface area contributed by atoms with E-state index in [4.69, 9.17) is 11.6 Å². The van der Waals surface area contributed by atoms with Gasteiger partial charge in [0.05, 0.1) is 10.6 Å². The van der Waals surface area contributed by atoms with E-state index >= 15 is 0 Å². The van der Waals surface area contributed by atoms with Crippen LogP contribution in [0.2, 0.25) is 5.02 Å². The van der Waals surface area contributed by atoms with Crippen molar-refractivity contribution in [3.05, 3.63) is 65.0 Å². The van der Waals surface area contributed by atoms with Gasteiger partial charge < -0.3 is 10.2 Å². The number of carbonyl (C=O) groups is 2. The summed E-state index contributed by atoms with van der Waals surface area (Å²) in [6, 6.07) is 8.51. The van der Waals surface area contributed by atoms with Crippen LogP contribution in [-0.4, -0.2) is 34.8 Å². The largest absolute Gasteiger partial charge is 0.339 e. The summed E-state index contributed by atoms with van der Waals surface area (Å²) in [7, 11) is 0. The molecule has 0 bridgehead atoms. The van der Waals surface area contributed by atoms with E-state index in [9.17, 15) is 9.59 Å². The van der Waals surface area contributed by atoms with Crippen molar-refractivity contribution in [2.75, 3.05) is 18.4 Å². The molecule has 1 aromatic heterocycles. The Morgan fingerprint density at radius 3 is 2.60 bits per heavy atom. The Morgan fingerprint density at radius 2 is 2.00 bits per heavy atom. The van der Waals surface area contributed by atoms with Gasteiger partial charge in [-0.15, -0.1) is 0 Å². The number of halogens is 1. The normalized spacial score (nSPS) is 10.7. The number of amides is 2. The zero-order chi connectivity index (χ0) is 18.2. The third-order valence-electron chi connectivity index (χ3n) is 3.63. The molecule has 130 valence electrons. The number of hydrogen-bond donors (Lipinski definition) is 1. The molecule has 0 unspecified atom stereocenters. The van der Waals surface area contributed by atoms with Gasteiger partial charge in [0.15, 0.2) is 0 Å². The molecule has 1 N–H and O–H groups in total. The van der Waals surface area contributed by atoms with Crippen LogP contribution < -0.4 is 5.32 Å². The summed E-state index contributed by atoms with van der Waals surface area (Å²) in [4.78, 5) is 30.0. The van der Waals surface area contributed by atoms with Crippen molar-refractivity contribution in [3.63, 3.8) is 0 Å². The van der Waals surface area contributed by atoms with Crippen molar-refractivity contribution in [1.82, 2.24) is 9.88 Å². The lowest BCUT2D eigenvalue weighted by Gasteiger charge is -2.19. The molecule has 0 aliphatic heterocycles. The van der Waals surface area contributed by atoms with E-state index in [-0.39, 0.29) is 11.8 Å². The lowest BCUT2D eigenvalue weighted by atomic mass is 10.1. The first-order chi connectivity index (χ1) is 12.0. The second kappa shape index (κ2) is 8.99. The molecule has 0 atom stereocenters. The molecule has 0 spiro atoms. The van der Waals surface area contributed by atoms with Crippen LogP contribution in [-0.2, 0) is 4.79 Å². The van der Waals surface area contributed by atoms with Gasteiger partial charge in [0.1, 0.15) is 0 Å². The Morgan fingerprint density at radius 1 is 1.24 bits per heavy atom. The van der Waals surface area contributed by atoms with E-state index in [0.29, 0.717) is 29.4 Å². The maximum absolute atomic E-state index is 12.4. The fraction of sp³-hybridized carbons (Fsp3) is 0.211. The molecule has 5 nitrogen and oxygen atoms in total. The Labute approximate surface area is 152 Å². The summed E-state index contributed by atoms with van der Waals surface area (Å²) < 4.78 is 0. The summed E-state index contributed by atoms with van der Waals surface area (Å²) >= 11 is 6.21. The first-order valence-electron chi connectivity index (χ1n) is 8.03. The summed E-state index contributed by atoms with van der Waals surface area (Å²) in [5.41, 5.74) is 1.78. The van der Waals surface area contributed by atoms with E-state index in [1.54, 1.807) is 47.6 Å². The minimum Gasteiger partial charge on any atom is -0.339 e. The molecule has 0 aliphatic rings. The van der Waals surface area contributed by atoms with Crippen LogP contribution in [0.3, 0.4) is 0 Å². The molecule has 0 aliphatic carbocycles. The molecule has 0 saturated carbocycles. The predicted molar refractivity (Wildman–Crippen MR) is 101 cm³/mol. The van der Waals surface area contributed by atoms with Gasteiger partial charge in [0.2, 0.25) is 5.91 Å². The SMILES string of the molecule is CCN(CC)C(=O)c1ccc(NC(=O)C=Cc2cccnc2)cc1Cl. The number of benzene rings is 1. The Hall–Kier alpha value is -2.66. The Kier molecular flexibility index (Phi) is 6.71. The number of aromatic nitrogens is 1. The maximum Gasteiger partial charge on any atom is 0.255 e. The van der Waals surface area contributed by atoms with Gasteiger partial charge in [-0.2, -0.15) is 0 Å². The van der Waals surface area contributed by atoms with E-state index < -0.39 is 0 Å². The number of pyridine rings is 1. The zero-order valence-electron chi connectivity index (χ0n) is 14.2. The molecule has 0 fully saturated rings. The molecule has 2 aromatic rings. The Balaban J connectivity index is 2.06. The van der Waals surface area contributed by atoms with Crippen LogP contribution in [0, 0.1) is 0 Å². The molecule has 1 aromatic carbocycles. The van der Waals surface area contributed by atoms with Crippen LogP contribution in [0.25, 0.3) is 6.08 Å². The molecule has 0 radical (unpaired) electrons. The van der Waals surface area contributed by atoms with Crippen molar-refractivity contribution in [1.29, 1.82) is 0 Å². The second-order valence-corrected chi connectivity index (χ2v) is 5.69. The standard InChI is InChI=1S/C19H20ClN3O2/c1-3-23(4-2)19(25)16-9-8-15(12-17(16)20)22-18(24)10-7-14-6-5-11-21-13-14/h5-13H,3-4H2,1-2H3,(H,22,24). The quantitative estimate of drug-likeness (QED) is 0.798. The third kappa shape index (κ3) is 5.16. The topological polar surface area (TPSA) is 62.3 Å². The van der Waals surface area contributed by atoms with Gasteiger partial charge in [0, 0.05) is 37.2 Å². The average Bonchev–Trinajstić information content (AvgIpc) is 2.62. The maximum atomic E-state index is 12.4. The van der Waals surface area contributed by atoms with Gasteiger partial charge in [-0.25, -0.2) is 0 Å². The zero-order valence-corrected chi connectivity index (χ0v) is 15.0. The minimum atomic E-state index is -0.289. The van der Waals surface area contributed by atoms with Crippen molar-refractivity contribution in [2.24, 2.45) is 0 Å². The van der Waals surface area contributed by atoms with E-state index in [1.807, 2.05) is 19.9 Å². The van der Waals surface area contributed by atoms with Gasteiger partial charge in [-0.05, 0) is 49.8 Å². The Bertz CT molecular complexity index is 771. The van der Waals surface area contributed by atoms with Crippen LogP contribution >= 0.6 is 11.6 Å². The van der Waals surface area contributed by atoms with Gasteiger partial charge >= 0.3 is 0 Å².